The normalized spacial score (nSPS) is 15.3. The zero-order chi connectivity index (χ0) is 14.5. The third-order valence-corrected chi connectivity index (χ3v) is 3.71. The largest absolute Gasteiger partial charge is 0.382 e. The predicted molar refractivity (Wildman–Crippen MR) is 85.7 cm³/mol. The summed E-state index contributed by atoms with van der Waals surface area (Å²) >= 11 is 3.55. The van der Waals surface area contributed by atoms with Gasteiger partial charge in [0.05, 0.1) is 6.10 Å². The lowest BCUT2D eigenvalue weighted by atomic mass is 9.92. The SMILES string of the molecule is COC(C)CC(CNC(C)(C)C)c1cccc(Br)c1. The van der Waals surface area contributed by atoms with Crippen LogP contribution in [0.1, 0.15) is 45.6 Å². The van der Waals surface area contributed by atoms with E-state index in [1.807, 2.05) is 0 Å². The lowest BCUT2D eigenvalue weighted by molar-refractivity contribution is 0.103. The smallest absolute Gasteiger partial charge is 0.0549 e. The number of nitrogens with one attached hydrogen (secondary N) is 1. The van der Waals surface area contributed by atoms with Crippen LogP contribution in [0.2, 0.25) is 0 Å². The number of ether oxygens (including phenoxy) is 1. The summed E-state index contributed by atoms with van der Waals surface area (Å²) in [5.41, 5.74) is 1.50. The average molecular weight is 328 g/mol. The van der Waals surface area contributed by atoms with Gasteiger partial charge in [0.1, 0.15) is 0 Å². The van der Waals surface area contributed by atoms with Gasteiger partial charge in [-0.25, -0.2) is 0 Å². The van der Waals surface area contributed by atoms with E-state index in [0.717, 1.165) is 17.4 Å². The Morgan fingerprint density at radius 2 is 2.00 bits per heavy atom. The van der Waals surface area contributed by atoms with Crippen molar-refractivity contribution in [1.82, 2.24) is 5.32 Å². The highest BCUT2D eigenvalue weighted by Gasteiger charge is 2.18. The molecule has 3 heteroatoms. The maximum Gasteiger partial charge on any atom is 0.0549 e. The zero-order valence-corrected chi connectivity index (χ0v) is 14.3. The molecule has 2 atom stereocenters. The lowest BCUT2D eigenvalue weighted by Gasteiger charge is -2.27. The van der Waals surface area contributed by atoms with Crippen LogP contribution >= 0.6 is 15.9 Å². The van der Waals surface area contributed by atoms with Crippen LogP contribution in [0.3, 0.4) is 0 Å². The summed E-state index contributed by atoms with van der Waals surface area (Å²) in [4.78, 5) is 0. The van der Waals surface area contributed by atoms with Crippen molar-refractivity contribution in [1.29, 1.82) is 0 Å². The van der Waals surface area contributed by atoms with Crippen LogP contribution in [0, 0.1) is 0 Å². The maximum atomic E-state index is 5.42. The van der Waals surface area contributed by atoms with Crippen LogP contribution in [-0.4, -0.2) is 25.3 Å². The van der Waals surface area contributed by atoms with Gasteiger partial charge < -0.3 is 10.1 Å². The molecule has 0 fully saturated rings. The Morgan fingerprint density at radius 1 is 1.32 bits per heavy atom. The number of benzene rings is 1. The van der Waals surface area contributed by atoms with E-state index in [1.165, 1.54) is 5.56 Å². The van der Waals surface area contributed by atoms with Gasteiger partial charge in [-0.05, 0) is 57.7 Å². The number of rotatable bonds is 6. The van der Waals surface area contributed by atoms with E-state index in [-0.39, 0.29) is 11.6 Å². The second-order valence-electron chi connectivity index (χ2n) is 6.16. The molecule has 1 N–H and O–H groups in total. The van der Waals surface area contributed by atoms with Crippen molar-refractivity contribution in [2.45, 2.75) is 51.7 Å². The molecule has 0 saturated heterocycles. The second kappa shape index (κ2) is 7.41. The highest BCUT2D eigenvalue weighted by molar-refractivity contribution is 9.10. The first-order valence-corrected chi connectivity index (χ1v) is 7.64. The molecule has 0 radical (unpaired) electrons. The van der Waals surface area contributed by atoms with E-state index in [0.29, 0.717) is 5.92 Å². The first-order chi connectivity index (χ1) is 8.81. The topological polar surface area (TPSA) is 21.3 Å². The first-order valence-electron chi connectivity index (χ1n) is 6.85. The fraction of sp³-hybridized carbons (Fsp3) is 0.625. The summed E-state index contributed by atoms with van der Waals surface area (Å²) in [5.74, 6) is 0.465. The number of halogens is 1. The molecular formula is C16H26BrNO. The molecule has 0 aliphatic rings. The van der Waals surface area contributed by atoms with Gasteiger partial charge >= 0.3 is 0 Å². The van der Waals surface area contributed by atoms with Crippen molar-refractivity contribution in [3.05, 3.63) is 34.3 Å². The monoisotopic (exact) mass is 327 g/mol. The number of methoxy groups -OCH3 is 1. The van der Waals surface area contributed by atoms with Crippen molar-refractivity contribution < 1.29 is 4.74 Å². The Labute approximate surface area is 126 Å². The van der Waals surface area contributed by atoms with Crippen LogP contribution in [0.5, 0.6) is 0 Å². The molecule has 19 heavy (non-hydrogen) atoms. The number of hydrogen-bond donors (Lipinski definition) is 1. The highest BCUT2D eigenvalue weighted by Crippen LogP contribution is 2.25. The molecule has 0 aliphatic carbocycles. The molecule has 2 unspecified atom stereocenters. The molecule has 1 aromatic carbocycles. The van der Waals surface area contributed by atoms with Crippen molar-refractivity contribution >= 4 is 15.9 Å². The van der Waals surface area contributed by atoms with Crippen LogP contribution in [-0.2, 0) is 4.74 Å². The third kappa shape index (κ3) is 6.55. The van der Waals surface area contributed by atoms with Crippen LogP contribution in [0.25, 0.3) is 0 Å². The summed E-state index contributed by atoms with van der Waals surface area (Å²) in [6.07, 6.45) is 1.29. The standard InChI is InChI=1S/C16H26BrNO/c1-12(19-5)9-14(11-18-16(2,3)4)13-7-6-8-15(17)10-13/h6-8,10,12,14,18H,9,11H2,1-5H3. The van der Waals surface area contributed by atoms with Gasteiger partial charge in [-0.2, -0.15) is 0 Å². The van der Waals surface area contributed by atoms with Gasteiger partial charge in [-0.3, -0.25) is 0 Å². The minimum atomic E-state index is 0.139. The lowest BCUT2D eigenvalue weighted by Crippen LogP contribution is -2.39. The van der Waals surface area contributed by atoms with Gasteiger partial charge in [0.25, 0.3) is 0 Å². The third-order valence-electron chi connectivity index (χ3n) is 3.22. The molecule has 1 rings (SSSR count). The van der Waals surface area contributed by atoms with Crippen LogP contribution in [0.15, 0.2) is 28.7 Å². The Balaban J connectivity index is 2.79. The minimum absolute atomic E-state index is 0.139. The molecular weight excluding hydrogens is 302 g/mol. The maximum absolute atomic E-state index is 5.42. The van der Waals surface area contributed by atoms with Gasteiger partial charge in [0, 0.05) is 23.7 Å². The molecule has 2 nitrogen and oxygen atoms in total. The Morgan fingerprint density at radius 3 is 2.53 bits per heavy atom. The Hall–Kier alpha value is -0.380. The van der Waals surface area contributed by atoms with Gasteiger partial charge in [0.15, 0.2) is 0 Å². The average Bonchev–Trinajstić information content (AvgIpc) is 2.33. The predicted octanol–water partition coefficient (Wildman–Crippen LogP) is 4.35. The van der Waals surface area contributed by atoms with E-state index >= 15 is 0 Å². The molecule has 0 bridgehead atoms. The minimum Gasteiger partial charge on any atom is -0.382 e. The molecule has 0 saturated carbocycles. The fourth-order valence-electron chi connectivity index (χ4n) is 2.02. The molecule has 0 amide bonds. The van der Waals surface area contributed by atoms with Crippen molar-refractivity contribution in [2.24, 2.45) is 0 Å². The van der Waals surface area contributed by atoms with Crippen molar-refractivity contribution in [2.75, 3.05) is 13.7 Å². The molecule has 0 spiro atoms. The summed E-state index contributed by atoms with van der Waals surface area (Å²) in [6.45, 7) is 9.69. The van der Waals surface area contributed by atoms with Crippen molar-refractivity contribution in [3.8, 4) is 0 Å². The molecule has 1 aromatic rings. The first kappa shape index (κ1) is 16.7. The van der Waals surface area contributed by atoms with E-state index in [1.54, 1.807) is 7.11 Å². The van der Waals surface area contributed by atoms with E-state index in [4.69, 9.17) is 4.74 Å². The van der Waals surface area contributed by atoms with Gasteiger partial charge in [-0.1, -0.05) is 28.1 Å². The van der Waals surface area contributed by atoms with Crippen molar-refractivity contribution in [3.63, 3.8) is 0 Å². The molecule has 108 valence electrons. The van der Waals surface area contributed by atoms with E-state index in [2.05, 4.69) is 73.2 Å². The summed E-state index contributed by atoms with van der Waals surface area (Å²) in [6, 6.07) is 8.57. The summed E-state index contributed by atoms with van der Waals surface area (Å²) in [5, 5.41) is 3.60. The van der Waals surface area contributed by atoms with Crippen LogP contribution < -0.4 is 5.32 Å². The van der Waals surface area contributed by atoms with E-state index in [9.17, 15) is 0 Å². The van der Waals surface area contributed by atoms with E-state index < -0.39 is 0 Å². The summed E-state index contributed by atoms with van der Waals surface area (Å²) in [7, 11) is 1.78. The molecule has 0 aromatic heterocycles. The van der Waals surface area contributed by atoms with Gasteiger partial charge in [0.2, 0.25) is 0 Å². The zero-order valence-electron chi connectivity index (χ0n) is 12.7. The van der Waals surface area contributed by atoms with Gasteiger partial charge in [-0.15, -0.1) is 0 Å². The second-order valence-corrected chi connectivity index (χ2v) is 7.08. The number of hydrogen-bond acceptors (Lipinski definition) is 2. The quantitative estimate of drug-likeness (QED) is 0.838. The molecule has 0 heterocycles. The Kier molecular flexibility index (Phi) is 6.51. The fourth-order valence-corrected chi connectivity index (χ4v) is 2.44. The molecule has 0 aliphatic heterocycles. The van der Waals surface area contributed by atoms with Crippen LogP contribution in [0.4, 0.5) is 0 Å². The highest BCUT2D eigenvalue weighted by atomic mass is 79.9. The Bertz CT molecular complexity index is 387. The summed E-state index contributed by atoms with van der Waals surface area (Å²) < 4.78 is 6.56.